The fraction of sp³-hybridized carbons (Fsp3) is 0.941. The second kappa shape index (κ2) is 5.88. The summed E-state index contributed by atoms with van der Waals surface area (Å²) in [5.41, 5.74) is 0. The van der Waals surface area contributed by atoms with Crippen LogP contribution < -0.4 is 5.32 Å². The molecule has 0 spiro atoms. The largest absolute Gasteiger partial charge is 0.338 e. The van der Waals surface area contributed by atoms with Gasteiger partial charge in [0.25, 0.3) is 0 Å². The van der Waals surface area contributed by atoms with Crippen LogP contribution >= 0.6 is 0 Å². The maximum Gasteiger partial charge on any atom is 0.240 e. The summed E-state index contributed by atoms with van der Waals surface area (Å²) in [5.74, 6) is 1.30. The van der Waals surface area contributed by atoms with E-state index in [1.165, 1.54) is 44.9 Å². The molecule has 4 rings (SSSR count). The first-order valence-corrected chi connectivity index (χ1v) is 9.10. The van der Waals surface area contributed by atoms with E-state index in [1.54, 1.807) is 0 Å². The second-order valence-electron chi connectivity index (χ2n) is 7.54. The van der Waals surface area contributed by atoms with E-state index >= 15 is 0 Å². The molecule has 2 saturated carbocycles. The minimum absolute atomic E-state index is 0.201. The molecule has 0 bridgehead atoms. The fourth-order valence-electron chi connectivity index (χ4n) is 4.20. The van der Waals surface area contributed by atoms with Gasteiger partial charge in [-0.1, -0.05) is 0 Å². The van der Waals surface area contributed by atoms with E-state index in [9.17, 15) is 4.79 Å². The number of rotatable bonds is 5. The van der Waals surface area contributed by atoms with E-state index in [0.717, 1.165) is 38.5 Å². The molecule has 1 atom stereocenters. The van der Waals surface area contributed by atoms with Gasteiger partial charge in [-0.05, 0) is 76.9 Å². The monoisotopic (exact) mass is 291 g/mol. The normalized spacial score (nSPS) is 31.5. The maximum atomic E-state index is 13.1. The van der Waals surface area contributed by atoms with Gasteiger partial charge < -0.3 is 10.2 Å². The Labute approximate surface area is 128 Å². The number of likely N-dealkylation sites (tertiary alicyclic amines) is 1. The van der Waals surface area contributed by atoms with Gasteiger partial charge in [0.15, 0.2) is 0 Å². The zero-order chi connectivity index (χ0) is 14.2. The SMILES string of the molecule is O=C(C1CCCN1C1CCNCC1)N(CC1CC1)C1CC1. The van der Waals surface area contributed by atoms with E-state index in [2.05, 4.69) is 15.1 Å². The lowest BCUT2D eigenvalue weighted by Gasteiger charge is -2.37. The quantitative estimate of drug-likeness (QED) is 0.836. The smallest absolute Gasteiger partial charge is 0.240 e. The molecule has 4 aliphatic rings. The molecule has 2 saturated heterocycles. The van der Waals surface area contributed by atoms with Gasteiger partial charge >= 0.3 is 0 Å². The van der Waals surface area contributed by atoms with Crippen LogP contribution in [-0.4, -0.2) is 60.0 Å². The molecule has 1 unspecified atom stereocenters. The van der Waals surface area contributed by atoms with Crippen LogP contribution in [0.5, 0.6) is 0 Å². The fourth-order valence-corrected chi connectivity index (χ4v) is 4.20. The molecular formula is C17H29N3O. The van der Waals surface area contributed by atoms with Gasteiger partial charge in [0, 0.05) is 18.6 Å². The predicted molar refractivity (Wildman–Crippen MR) is 83.1 cm³/mol. The molecule has 0 aromatic carbocycles. The molecule has 0 aromatic rings. The van der Waals surface area contributed by atoms with Crippen molar-refractivity contribution in [3.63, 3.8) is 0 Å². The van der Waals surface area contributed by atoms with Crippen molar-refractivity contribution in [1.82, 2.24) is 15.1 Å². The highest BCUT2D eigenvalue weighted by atomic mass is 16.2. The van der Waals surface area contributed by atoms with Crippen LogP contribution in [0.2, 0.25) is 0 Å². The first kappa shape index (κ1) is 14.0. The number of piperidine rings is 1. The number of hydrogen-bond acceptors (Lipinski definition) is 3. The Morgan fingerprint density at radius 2 is 1.81 bits per heavy atom. The number of nitrogens with zero attached hydrogens (tertiary/aromatic N) is 2. The lowest BCUT2D eigenvalue weighted by Crippen LogP contribution is -2.52. The zero-order valence-electron chi connectivity index (χ0n) is 13.1. The van der Waals surface area contributed by atoms with Crippen LogP contribution in [0, 0.1) is 5.92 Å². The lowest BCUT2D eigenvalue weighted by atomic mass is 10.0. The molecule has 4 fully saturated rings. The molecular weight excluding hydrogens is 262 g/mol. The van der Waals surface area contributed by atoms with Crippen LogP contribution in [0.3, 0.4) is 0 Å². The molecule has 2 aliphatic heterocycles. The number of nitrogens with one attached hydrogen (secondary N) is 1. The molecule has 1 N–H and O–H groups in total. The van der Waals surface area contributed by atoms with E-state index in [0.29, 0.717) is 18.0 Å². The predicted octanol–water partition coefficient (Wildman–Crippen LogP) is 1.60. The average Bonchev–Trinajstić information content (AvgIpc) is 3.44. The average molecular weight is 291 g/mol. The molecule has 1 amide bonds. The molecule has 2 heterocycles. The third-order valence-electron chi connectivity index (χ3n) is 5.78. The maximum absolute atomic E-state index is 13.1. The highest BCUT2D eigenvalue weighted by Gasteiger charge is 2.43. The van der Waals surface area contributed by atoms with Crippen molar-refractivity contribution < 1.29 is 4.79 Å². The third-order valence-corrected chi connectivity index (χ3v) is 5.78. The Hall–Kier alpha value is -0.610. The molecule has 4 nitrogen and oxygen atoms in total. The summed E-state index contributed by atoms with van der Waals surface area (Å²) in [6.45, 7) is 4.44. The molecule has 4 heteroatoms. The standard InChI is InChI=1S/C17H29N3O/c21-17(20(14-5-6-14)12-13-3-4-13)16-2-1-11-19(16)15-7-9-18-10-8-15/h13-16,18H,1-12H2. The summed E-state index contributed by atoms with van der Waals surface area (Å²) >= 11 is 0. The number of amides is 1. The van der Waals surface area contributed by atoms with Crippen LogP contribution in [0.15, 0.2) is 0 Å². The first-order valence-electron chi connectivity index (χ1n) is 9.10. The number of carbonyl (C=O) groups excluding carboxylic acids is 1. The molecule has 0 radical (unpaired) electrons. The summed E-state index contributed by atoms with van der Waals surface area (Å²) in [4.78, 5) is 18.0. The Kier molecular flexibility index (Phi) is 3.92. The van der Waals surface area contributed by atoms with E-state index in [1.807, 2.05) is 0 Å². The van der Waals surface area contributed by atoms with Gasteiger partial charge in [-0.15, -0.1) is 0 Å². The second-order valence-corrected chi connectivity index (χ2v) is 7.54. The van der Waals surface area contributed by atoms with Gasteiger partial charge in [-0.25, -0.2) is 0 Å². The van der Waals surface area contributed by atoms with Crippen LogP contribution in [-0.2, 0) is 4.79 Å². The van der Waals surface area contributed by atoms with Gasteiger partial charge in [0.2, 0.25) is 5.91 Å². The summed E-state index contributed by atoms with van der Waals surface area (Å²) < 4.78 is 0. The highest BCUT2D eigenvalue weighted by molar-refractivity contribution is 5.83. The number of carbonyl (C=O) groups is 1. The Morgan fingerprint density at radius 3 is 2.48 bits per heavy atom. The van der Waals surface area contributed by atoms with Crippen molar-refractivity contribution in [2.75, 3.05) is 26.2 Å². The van der Waals surface area contributed by atoms with Gasteiger partial charge in [0.1, 0.15) is 0 Å². The van der Waals surface area contributed by atoms with Gasteiger partial charge in [-0.2, -0.15) is 0 Å². The van der Waals surface area contributed by atoms with Crippen molar-refractivity contribution >= 4 is 5.91 Å². The molecule has 2 aliphatic carbocycles. The van der Waals surface area contributed by atoms with Gasteiger partial charge in [-0.3, -0.25) is 9.69 Å². The van der Waals surface area contributed by atoms with Crippen LogP contribution in [0.4, 0.5) is 0 Å². The minimum Gasteiger partial charge on any atom is -0.338 e. The van der Waals surface area contributed by atoms with Crippen molar-refractivity contribution in [3.05, 3.63) is 0 Å². The van der Waals surface area contributed by atoms with Crippen molar-refractivity contribution in [1.29, 1.82) is 0 Å². The third kappa shape index (κ3) is 3.11. The highest BCUT2D eigenvalue weighted by Crippen LogP contribution is 2.36. The number of hydrogen-bond donors (Lipinski definition) is 1. The zero-order valence-corrected chi connectivity index (χ0v) is 13.1. The summed E-state index contributed by atoms with van der Waals surface area (Å²) in [5, 5.41) is 3.45. The van der Waals surface area contributed by atoms with E-state index in [4.69, 9.17) is 0 Å². The molecule has 0 aromatic heterocycles. The summed E-state index contributed by atoms with van der Waals surface area (Å²) in [6.07, 6.45) is 9.93. The van der Waals surface area contributed by atoms with Crippen molar-refractivity contribution in [2.45, 2.75) is 69.5 Å². The summed E-state index contributed by atoms with van der Waals surface area (Å²) in [7, 11) is 0. The van der Waals surface area contributed by atoms with Crippen LogP contribution in [0.1, 0.15) is 51.4 Å². The Bertz CT molecular complexity index is 385. The molecule has 21 heavy (non-hydrogen) atoms. The van der Waals surface area contributed by atoms with Gasteiger partial charge in [0.05, 0.1) is 6.04 Å². The minimum atomic E-state index is 0.201. The van der Waals surface area contributed by atoms with E-state index in [-0.39, 0.29) is 6.04 Å². The Morgan fingerprint density at radius 1 is 1.05 bits per heavy atom. The van der Waals surface area contributed by atoms with E-state index < -0.39 is 0 Å². The first-order chi connectivity index (χ1) is 10.3. The Balaban J connectivity index is 1.43. The summed E-state index contributed by atoms with van der Waals surface area (Å²) in [6, 6.07) is 1.44. The lowest BCUT2D eigenvalue weighted by molar-refractivity contribution is -0.137. The van der Waals surface area contributed by atoms with Crippen molar-refractivity contribution in [3.8, 4) is 0 Å². The van der Waals surface area contributed by atoms with Crippen molar-refractivity contribution in [2.24, 2.45) is 5.92 Å². The van der Waals surface area contributed by atoms with Crippen LogP contribution in [0.25, 0.3) is 0 Å². The molecule has 118 valence electrons. The topological polar surface area (TPSA) is 35.6 Å².